The van der Waals surface area contributed by atoms with Gasteiger partial charge in [-0.15, -0.1) is 0 Å². The highest BCUT2D eigenvalue weighted by atomic mass is 16.3. The molecule has 0 aliphatic heterocycles. The lowest BCUT2D eigenvalue weighted by molar-refractivity contribution is 0.0951. The van der Waals surface area contributed by atoms with Crippen molar-refractivity contribution in [2.24, 2.45) is 7.05 Å². The molecule has 0 spiro atoms. The van der Waals surface area contributed by atoms with Crippen molar-refractivity contribution in [1.29, 1.82) is 0 Å². The van der Waals surface area contributed by atoms with E-state index in [0.29, 0.717) is 13.0 Å². The lowest BCUT2D eigenvalue weighted by atomic mass is 10.1. The van der Waals surface area contributed by atoms with Gasteiger partial charge < -0.3 is 16.2 Å². The summed E-state index contributed by atoms with van der Waals surface area (Å²) in [6.45, 7) is 0.471. The van der Waals surface area contributed by atoms with Gasteiger partial charge >= 0.3 is 0 Å². The van der Waals surface area contributed by atoms with Crippen molar-refractivity contribution in [2.75, 3.05) is 12.3 Å². The van der Waals surface area contributed by atoms with Gasteiger partial charge in [0.1, 0.15) is 0 Å². The fourth-order valence-corrected chi connectivity index (χ4v) is 1.76. The Balaban J connectivity index is 1.93. The predicted molar refractivity (Wildman–Crippen MR) is 71.8 cm³/mol. The smallest absolute Gasteiger partial charge is 0.255 e. The minimum Gasteiger partial charge on any atom is -0.505 e. The van der Waals surface area contributed by atoms with Crippen molar-refractivity contribution < 1.29 is 9.90 Å². The number of benzene rings is 1. The third-order valence-electron chi connectivity index (χ3n) is 2.77. The highest BCUT2D eigenvalue weighted by Crippen LogP contribution is 2.23. The average Bonchev–Trinajstić information content (AvgIpc) is 2.78. The Bertz CT molecular complexity index is 592. The van der Waals surface area contributed by atoms with Gasteiger partial charge in [-0.1, -0.05) is 6.07 Å². The van der Waals surface area contributed by atoms with Gasteiger partial charge in [0, 0.05) is 19.8 Å². The number of anilines is 1. The molecule has 1 aromatic heterocycles. The maximum Gasteiger partial charge on any atom is 0.255 e. The molecule has 6 heteroatoms. The first-order valence-corrected chi connectivity index (χ1v) is 5.91. The zero-order valence-electron chi connectivity index (χ0n) is 10.6. The van der Waals surface area contributed by atoms with E-state index in [0.717, 1.165) is 5.56 Å². The van der Waals surface area contributed by atoms with E-state index in [-0.39, 0.29) is 22.9 Å². The molecule has 0 saturated heterocycles. The van der Waals surface area contributed by atoms with Crippen molar-refractivity contribution in [3.8, 4) is 5.75 Å². The van der Waals surface area contributed by atoms with E-state index >= 15 is 0 Å². The molecule has 19 heavy (non-hydrogen) atoms. The number of rotatable bonds is 4. The van der Waals surface area contributed by atoms with Gasteiger partial charge in [0.2, 0.25) is 0 Å². The van der Waals surface area contributed by atoms with Crippen LogP contribution in [0.3, 0.4) is 0 Å². The standard InChI is InChI=1S/C13H16N4O2/c1-17-8-9(7-16-17)5-6-15-13(19)10-3-2-4-11(14)12(10)18/h2-4,7-8,18H,5-6,14H2,1H3,(H,15,19). The summed E-state index contributed by atoms with van der Waals surface area (Å²) in [6.07, 6.45) is 4.33. The number of aromatic nitrogens is 2. The van der Waals surface area contributed by atoms with Crippen LogP contribution in [-0.2, 0) is 13.5 Å². The number of phenolic OH excluding ortho intramolecular Hbond substituents is 1. The lowest BCUT2D eigenvalue weighted by Crippen LogP contribution is -2.25. The van der Waals surface area contributed by atoms with Gasteiger partial charge in [0.05, 0.1) is 17.4 Å². The van der Waals surface area contributed by atoms with Crippen LogP contribution in [0.15, 0.2) is 30.6 Å². The summed E-state index contributed by atoms with van der Waals surface area (Å²) in [5.41, 5.74) is 6.96. The van der Waals surface area contributed by atoms with E-state index in [2.05, 4.69) is 10.4 Å². The number of carbonyl (C=O) groups is 1. The molecule has 1 amide bonds. The third-order valence-corrected chi connectivity index (χ3v) is 2.77. The quantitative estimate of drug-likeness (QED) is 0.556. The van der Waals surface area contributed by atoms with E-state index in [1.807, 2.05) is 13.2 Å². The van der Waals surface area contributed by atoms with Crippen LogP contribution < -0.4 is 11.1 Å². The monoisotopic (exact) mass is 260 g/mol. The zero-order chi connectivity index (χ0) is 13.8. The summed E-state index contributed by atoms with van der Waals surface area (Å²) in [6, 6.07) is 4.71. The summed E-state index contributed by atoms with van der Waals surface area (Å²) >= 11 is 0. The van der Waals surface area contributed by atoms with Gasteiger partial charge in [0.15, 0.2) is 5.75 Å². The SMILES string of the molecule is Cn1cc(CCNC(=O)c2cccc(N)c2O)cn1. The Labute approximate surface area is 110 Å². The molecule has 2 rings (SSSR count). The fourth-order valence-electron chi connectivity index (χ4n) is 1.76. The lowest BCUT2D eigenvalue weighted by Gasteiger charge is -2.07. The third kappa shape index (κ3) is 3.04. The molecule has 1 heterocycles. The molecule has 2 aromatic rings. The van der Waals surface area contributed by atoms with Crippen molar-refractivity contribution in [3.63, 3.8) is 0 Å². The van der Waals surface area contributed by atoms with Gasteiger partial charge in [-0.3, -0.25) is 9.48 Å². The number of amides is 1. The number of nitrogen functional groups attached to an aromatic ring is 1. The maximum absolute atomic E-state index is 11.9. The molecule has 0 aliphatic rings. The van der Waals surface area contributed by atoms with Crippen molar-refractivity contribution >= 4 is 11.6 Å². The molecule has 1 aromatic carbocycles. The number of nitrogens with two attached hydrogens (primary N) is 1. The fraction of sp³-hybridized carbons (Fsp3) is 0.231. The first kappa shape index (κ1) is 12.9. The molecule has 0 unspecified atom stereocenters. The van der Waals surface area contributed by atoms with Gasteiger partial charge in [-0.25, -0.2) is 0 Å². The van der Waals surface area contributed by atoms with Crippen LogP contribution in [0.25, 0.3) is 0 Å². The van der Waals surface area contributed by atoms with Crippen molar-refractivity contribution in [1.82, 2.24) is 15.1 Å². The molecule has 0 fully saturated rings. The second-order valence-electron chi connectivity index (χ2n) is 4.27. The number of hydrogen-bond acceptors (Lipinski definition) is 4. The Kier molecular flexibility index (Phi) is 3.70. The summed E-state index contributed by atoms with van der Waals surface area (Å²) in [5, 5.41) is 16.5. The molecule has 0 saturated carbocycles. The number of aromatic hydroxyl groups is 1. The van der Waals surface area contributed by atoms with Gasteiger partial charge in [-0.05, 0) is 24.1 Å². The van der Waals surface area contributed by atoms with E-state index in [4.69, 9.17) is 5.73 Å². The van der Waals surface area contributed by atoms with Gasteiger partial charge in [-0.2, -0.15) is 5.10 Å². The molecule has 4 N–H and O–H groups in total. The number of para-hydroxylation sites is 1. The molecule has 100 valence electrons. The van der Waals surface area contributed by atoms with Crippen LogP contribution in [-0.4, -0.2) is 27.3 Å². The van der Waals surface area contributed by atoms with Crippen LogP contribution in [0, 0.1) is 0 Å². The van der Waals surface area contributed by atoms with Crippen LogP contribution in [0.4, 0.5) is 5.69 Å². The first-order chi connectivity index (χ1) is 9.08. The number of nitrogens with zero attached hydrogens (tertiary/aromatic N) is 2. The molecule has 0 aliphatic carbocycles. The zero-order valence-corrected chi connectivity index (χ0v) is 10.6. The number of phenols is 1. The highest BCUT2D eigenvalue weighted by molar-refractivity contribution is 5.98. The molecule has 0 radical (unpaired) electrons. The Morgan fingerprint density at radius 3 is 3.00 bits per heavy atom. The maximum atomic E-state index is 11.9. The summed E-state index contributed by atoms with van der Waals surface area (Å²) in [7, 11) is 1.84. The minimum atomic E-state index is -0.339. The normalized spacial score (nSPS) is 10.4. The molecule has 6 nitrogen and oxygen atoms in total. The number of nitrogens with one attached hydrogen (secondary N) is 1. The summed E-state index contributed by atoms with van der Waals surface area (Å²) in [5.74, 6) is -0.518. The van der Waals surface area contributed by atoms with Crippen LogP contribution in [0.1, 0.15) is 15.9 Å². The minimum absolute atomic E-state index is 0.179. The first-order valence-electron chi connectivity index (χ1n) is 5.91. The number of hydrogen-bond donors (Lipinski definition) is 3. The largest absolute Gasteiger partial charge is 0.505 e. The van der Waals surface area contributed by atoms with E-state index in [1.165, 1.54) is 6.07 Å². The Hall–Kier alpha value is -2.50. The van der Waals surface area contributed by atoms with Crippen LogP contribution in [0.2, 0.25) is 0 Å². The van der Waals surface area contributed by atoms with E-state index in [9.17, 15) is 9.90 Å². The Morgan fingerprint density at radius 1 is 1.53 bits per heavy atom. The number of carbonyl (C=O) groups excluding carboxylic acids is 1. The van der Waals surface area contributed by atoms with E-state index in [1.54, 1.807) is 23.0 Å². The van der Waals surface area contributed by atoms with Crippen molar-refractivity contribution in [3.05, 3.63) is 41.7 Å². The van der Waals surface area contributed by atoms with Crippen molar-refractivity contribution in [2.45, 2.75) is 6.42 Å². The highest BCUT2D eigenvalue weighted by Gasteiger charge is 2.12. The topological polar surface area (TPSA) is 93.2 Å². The second kappa shape index (κ2) is 5.43. The second-order valence-corrected chi connectivity index (χ2v) is 4.27. The average molecular weight is 260 g/mol. The molecular weight excluding hydrogens is 244 g/mol. The van der Waals surface area contributed by atoms with E-state index < -0.39 is 0 Å². The molecule has 0 atom stereocenters. The Morgan fingerprint density at radius 2 is 2.32 bits per heavy atom. The molecule has 0 bridgehead atoms. The van der Waals surface area contributed by atoms with Gasteiger partial charge in [0.25, 0.3) is 5.91 Å². The van der Waals surface area contributed by atoms with Crippen LogP contribution in [0.5, 0.6) is 5.75 Å². The molecular formula is C13H16N4O2. The van der Waals surface area contributed by atoms with Crippen LogP contribution >= 0.6 is 0 Å². The summed E-state index contributed by atoms with van der Waals surface area (Å²) < 4.78 is 1.71. The number of aryl methyl sites for hydroxylation is 1. The summed E-state index contributed by atoms with van der Waals surface area (Å²) in [4.78, 5) is 11.9. The predicted octanol–water partition coefficient (Wildman–Crippen LogP) is 0.680.